The van der Waals surface area contributed by atoms with Gasteiger partial charge >= 0.3 is 0 Å². The Morgan fingerprint density at radius 1 is 1.46 bits per heavy atom. The fourth-order valence-electron chi connectivity index (χ4n) is 0.686. The van der Waals surface area contributed by atoms with E-state index in [1.54, 1.807) is 7.11 Å². The summed E-state index contributed by atoms with van der Waals surface area (Å²) in [6.07, 6.45) is 3.78. The normalized spacial score (nSPS) is 10.4. The Hall–Kier alpha value is -0.540. The number of halogens is 1. The fraction of sp³-hybridized carbons (Fsp3) is 0.400. The van der Waals surface area contributed by atoms with Crippen molar-refractivity contribution in [2.45, 2.75) is 0 Å². The lowest BCUT2D eigenvalue weighted by molar-refractivity contribution is 0.175. The van der Waals surface area contributed by atoms with E-state index >= 15 is 0 Å². The second kappa shape index (κ2) is 6.92. The first-order valence-corrected chi connectivity index (χ1v) is 4.78. The molecule has 74 valence electrons. The highest BCUT2D eigenvalue weighted by molar-refractivity contribution is 9.11. The van der Waals surface area contributed by atoms with Crippen LogP contribution in [-0.2, 0) is 4.74 Å². The third kappa shape index (κ3) is 6.61. The van der Waals surface area contributed by atoms with Crippen LogP contribution in [0.2, 0.25) is 0 Å². The minimum absolute atomic E-state index is 0.707. The predicted octanol–water partition coefficient (Wildman–Crippen LogP) is 2.54. The van der Waals surface area contributed by atoms with E-state index in [9.17, 15) is 0 Å². The molecule has 0 heterocycles. The smallest absolute Gasteiger partial charge is 0.0637 e. The Morgan fingerprint density at radius 2 is 2.08 bits per heavy atom. The molecule has 0 N–H and O–H groups in total. The SMILES string of the molecule is C=C(Br)/C=C\C(=C)N(C)CCOC. The van der Waals surface area contributed by atoms with Gasteiger partial charge in [0.2, 0.25) is 0 Å². The Kier molecular flexibility index (Phi) is 6.63. The topological polar surface area (TPSA) is 12.5 Å². The van der Waals surface area contributed by atoms with E-state index in [2.05, 4.69) is 29.1 Å². The predicted molar refractivity (Wildman–Crippen MR) is 60.9 cm³/mol. The third-order valence-electron chi connectivity index (χ3n) is 1.58. The lowest BCUT2D eigenvalue weighted by Gasteiger charge is -2.18. The van der Waals surface area contributed by atoms with Gasteiger partial charge in [-0.2, -0.15) is 0 Å². The molecule has 0 saturated carbocycles. The Balaban J connectivity index is 3.89. The van der Waals surface area contributed by atoms with Crippen LogP contribution in [0.4, 0.5) is 0 Å². The van der Waals surface area contributed by atoms with E-state index in [4.69, 9.17) is 4.74 Å². The Labute approximate surface area is 88.7 Å². The van der Waals surface area contributed by atoms with E-state index < -0.39 is 0 Å². The molecule has 0 aromatic rings. The maximum atomic E-state index is 4.95. The molecular formula is C10H16BrNO. The molecule has 0 rings (SSSR count). The summed E-state index contributed by atoms with van der Waals surface area (Å²) in [4.78, 5) is 2.02. The first-order valence-electron chi connectivity index (χ1n) is 3.99. The molecule has 0 radical (unpaired) electrons. The molecule has 0 aliphatic heterocycles. The van der Waals surface area contributed by atoms with E-state index in [1.807, 2.05) is 24.1 Å². The van der Waals surface area contributed by atoms with E-state index in [0.717, 1.165) is 16.7 Å². The molecular weight excluding hydrogens is 230 g/mol. The lowest BCUT2D eigenvalue weighted by atomic mass is 10.3. The first-order chi connectivity index (χ1) is 6.07. The average Bonchev–Trinajstić information content (AvgIpc) is 2.10. The van der Waals surface area contributed by atoms with Gasteiger partial charge in [-0.05, 0) is 12.2 Å². The number of allylic oxidation sites excluding steroid dienone is 3. The molecule has 0 spiro atoms. The minimum atomic E-state index is 0.707. The summed E-state index contributed by atoms with van der Waals surface area (Å²) in [5.74, 6) is 0. The van der Waals surface area contributed by atoms with E-state index in [0.29, 0.717) is 6.61 Å². The van der Waals surface area contributed by atoms with Crippen LogP contribution in [0.5, 0.6) is 0 Å². The molecule has 0 aromatic carbocycles. The summed E-state index contributed by atoms with van der Waals surface area (Å²) >= 11 is 3.24. The van der Waals surface area contributed by atoms with Crippen molar-refractivity contribution in [3.8, 4) is 0 Å². The van der Waals surface area contributed by atoms with Gasteiger partial charge in [0.15, 0.2) is 0 Å². The molecule has 0 atom stereocenters. The molecule has 0 bridgehead atoms. The van der Waals surface area contributed by atoms with Crippen molar-refractivity contribution in [1.82, 2.24) is 4.90 Å². The molecule has 2 nitrogen and oxygen atoms in total. The van der Waals surface area contributed by atoms with E-state index in [1.165, 1.54) is 0 Å². The second-order valence-electron chi connectivity index (χ2n) is 2.69. The standard InChI is InChI=1S/C10H16BrNO/c1-9(11)5-6-10(2)12(3)7-8-13-4/h5-6H,1-2,7-8H2,3-4H3/b6-5-. The van der Waals surface area contributed by atoms with Crippen LogP contribution in [0, 0.1) is 0 Å². The van der Waals surface area contributed by atoms with Crippen molar-refractivity contribution >= 4 is 15.9 Å². The minimum Gasteiger partial charge on any atom is -0.383 e. The first kappa shape index (κ1) is 12.5. The van der Waals surface area contributed by atoms with Crippen LogP contribution < -0.4 is 0 Å². The molecule has 0 aliphatic rings. The summed E-state index contributed by atoms with van der Waals surface area (Å²) in [6.45, 7) is 9.14. The zero-order chi connectivity index (χ0) is 10.3. The number of nitrogens with zero attached hydrogens (tertiary/aromatic N) is 1. The number of likely N-dealkylation sites (N-methyl/N-ethyl adjacent to an activating group) is 1. The van der Waals surface area contributed by atoms with Crippen LogP contribution in [-0.4, -0.2) is 32.2 Å². The summed E-state index contributed by atoms with van der Waals surface area (Å²) in [5, 5.41) is 0. The van der Waals surface area contributed by atoms with Crippen LogP contribution >= 0.6 is 15.9 Å². The highest BCUT2D eigenvalue weighted by Crippen LogP contribution is 2.06. The maximum Gasteiger partial charge on any atom is 0.0637 e. The zero-order valence-electron chi connectivity index (χ0n) is 8.22. The third-order valence-corrected chi connectivity index (χ3v) is 1.84. The molecule has 0 fully saturated rings. The summed E-state index contributed by atoms with van der Waals surface area (Å²) in [5.41, 5.74) is 0.942. The molecule has 0 unspecified atom stereocenters. The van der Waals surface area contributed by atoms with Crippen molar-refractivity contribution in [3.63, 3.8) is 0 Å². The van der Waals surface area contributed by atoms with Gasteiger partial charge in [0.1, 0.15) is 0 Å². The summed E-state index contributed by atoms with van der Waals surface area (Å²) in [6, 6.07) is 0. The van der Waals surface area contributed by atoms with Gasteiger partial charge < -0.3 is 9.64 Å². The van der Waals surface area contributed by atoms with Crippen molar-refractivity contribution in [2.75, 3.05) is 27.3 Å². The van der Waals surface area contributed by atoms with Crippen molar-refractivity contribution < 1.29 is 4.74 Å². The number of rotatable bonds is 6. The number of methoxy groups -OCH3 is 1. The zero-order valence-corrected chi connectivity index (χ0v) is 9.80. The van der Waals surface area contributed by atoms with Crippen molar-refractivity contribution in [2.24, 2.45) is 0 Å². The monoisotopic (exact) mass is 245 g/mol. The highest BCUT2D eigenvalue weighted by atomic mass is 79.9. The summed E-state index contributed by atoms with van der Waals surface area (Å²) in [7, 11) is 3.66. The highest BCUT2D eigenvalue weighted by Gasteiger charge is 1.96. The van der Waals surface area contributed by atoms with Crippen LogP contribution in [0.15, 0.2) is 35.5 Å². The van der Waals surface area contributed by atoms with Crippen LogP contribution in [0.3, 0.4) is 0 Å². The van der Waals surface area contributed by atoms with Crippen LogP contribution in [0.1, 0.15) is 0 Å². The molecule has 0 amide bonds. The van der Waals surface area contributed by atoms with Gasteiger partial charge in [-0.15, -0.1) is 0 Å². The molecule has 0 saturated heterocycles. The van der Waals surface area contributed by atoms with Gasteiger partial charge in [-0.25, -0.2) is 0 Å². The lowest BCUT2D eigenvalue weighted by Crippen LogP contribution is -2.20. The number of hydrogen-bond donors (Lipinski definition) is 0. The number of ether oxygens (including phenoxy) is 1. The molecule has 13 heavy (non-hydrogen) atoms. The molecule has 0 aliphatic carbocycles. The largest absolute Gasteiger partial charge is 0.383 e. The summed E-state index contributed by atoms with van der Waals surface area (Å²) < 4.78 is 5.80. The molecule has 3 heteroatoms. The van der Waals surface area contributed by atoms with Crippen molar-refractivity contribution in [3.05, 3.63) is 35.5 Å². The average molecular weight is 246 g/mol. The van der Waals surface area contributed by atoms with Crippen molar-refractivity contribution in [1.29, 1.82) is 0 Å². The maximum absolute atomic E-state index is 4.95. The fourth-order valence-corrected chi connectivity index (χ4v) is 0.818. The second-order valence-corrected chi connectivity index (χ2v) is 3.70. The number of hydrogen-bond acceptors (Lipinski definition) is 2. The van der Waals surface area contributed by atoms with Gasteiger partial charge in [0, 0.05) is 30.9 Å². The van der Waals surface area contributed by atoms with Crippen LogP contribution in [0.25, 0.3) is 0 Å². The Morgan fingerprint density at radius 3 is 2.54 bits per heavy atom. The van der Waals surface area contributed by atoms with Gasteiger partial charge in [0.05, 0.1) is 6.61 Å². The van der Waals surface area contributed by atoms with E-state index in [-0.39, 0.29) is 0 Å². The van der Waals surface area contributed by atoms with Gasteiger partial charge in [-0.3, -0.25) is 0 Å². The quantitative estimate of drug-likeness (QED) is 0.668. The van der Waals surface area contributed by atoms with Gasteiger partial charge in [-0.1, -0.05) is 29.1 Å². The Bertz CT molecular complexity index is 211. The van der Waals surface area contributed by atoms with Gasteiger partial charge in [0.25, 0.3) is 0 Å². The molecule has 0 aromatic heterocycles.